The summed E-state index contributed by atoms with van der Waals surface area (Å²) < 4.78 is 19.4. The van der Waals surface area contributed by atoms with E-state index in [0.29, 0.717) is 17.1 Å². The molecule has 3 nitrogen and oxygen atoms in total. The quantitative estimate of drug-likeness (QED) is 0.825. The van der Waals surface area contributed by atoms with E-state index in [1.165, 1.54) is 12.1 Å². The van der Waals surface area contributed by atoms with Crippen molar-refractivity contribution in [3.63, 3.8) is 0 Å². The average molecular weight is 335 g/mol. The lowest BCUT2D eigenvalue weighted by molar-refractivity contribution is 0.475. The molecule has 0 aliphatic heterocycles. The molecular formula is C15H12BrFN2O. The van der Waals surface area contributed by atoms with Crippen LogP contribution in [-0.2, 0) is 0 Å². The Morgan fingerprint density at radius 2 is 1.80 bits per heavy atom. The van der Waals surface area contributed by atoms with Gasteiger partial charge in [0.1, 0.15) is 11.6 Å². The van der Waals surface area contributed by atoms with Gasteiger partial charge in [-0.15, -0.1) is 0 Å². The van der Waals surface area contributed by atoms with Gasteiger partial charge in [0, 0.05) is 12.1 Å². The highest BCUT2D eigenvalue weighted by atomic mass is 79.9. The maximum Gasteiger partial charge on any atom is 0.151 e. The van der Waals surface area contributed by atoms with Gasteiger partial charge in [-0.05, 0) is 53.0 Å². The van der Waals surface area contributed by atoms with E-state index in [4.69, 9.17) is 15.7 Å². The highest BCUT2D eigenvalue weighted by Gasteiger charge is 2.12. The van der Waals surface area contributed by atoms with Crippen molar-refractivity contribution in [2.24, 2.45) is 0 Å². The van der Waals surface area contributed by atoms with E-state index in [9.17, 15) is 4.39 Å². The molecule has 0 unspecified atom stereocenters. The number of benzene rings is 2. The summed E-state index contributed by atoms with van der Waals surface area (Å²) in [4.78, 5) is 0. The number of hydrogen-bond acceptors (Lipinski definition) is 3. The molecule has 2 N–H and O–H groups in total. The Balaban J connectivity index is 2.46. The lowest BCUT2D eigenvalue weighted by Crippen LogP contribution is -1.97. The molecule has 2 rings (SSSR count). The second-order valence-corrected chi connectivity index (χ2v) is 5.31. The Morgan fingerprint density at radius 1 is 1.20 bits per heavy atom. The number of nitrogens with two attached hydrogens (primary N) is 1. The Kier molecular flexibility index (Phi) is 3.96. The smallest absolute Gasteiger partial charge is 0.151 e. The van der Waals surface area contributed by atoms with Gasteiger partial charge in [0.2, 0.25) is 0 Å². The molecule has 0 atom stereocenters. The maximum atomic E-state index is 13.3. The second-order valence-electron chi connectivity index (χ2n) is 4.46. The van der Waals surface area contributed by atoms with E-state index in [1.54, 1.807) is 12.1 Å². The maximum absolute atomic E-state index is 13.3. The second kappa shape index (κ2) is 5.51. The zero-order valence-corrected chi connectivity index (χ0v) is 12.6. The number of nitrogens with zero attached hydrogens (tertiary/aromatic N) is 1. The Hall–Kier alpha value is -2.06. The third-order valence-electron chi connectivity index (χ3n) is 2.85. The van der Waals surface area contributed by atoms with Gasteiger partial charge in [0.15, 0.2) is 5.75 Å². The standard InChI is InChI=1S/C15H12BrFN2O/c1-8-3-10(7-18)4-9(2)15(8)20-14-5-11(16)12(17)6-13(14)19/h3-6H,19H2,1-2H3. The number of halogens is 2. The molecule has 0 saturated heterocycles. The zero-order chi connectivity index (χ0) is 14.9. The first-order chi connectivity index (χ1) is 9.42. The monoisotopic (exact) mass is 334 g/mol. The summed E-state index contributed by atoms with van der Waals surface area (Å²) in [6.07, 6.45) is 0. The van der Waals surface area contributed by atoms with Crippen molar-refractivity contribution in [3.8, 4) is 17.6 Å². The third-order valence-corrected chi connectivity index (χ3v) is 3.46. The predicted octanol–water partition coefficient (Wildman–Crippen LogP) is 4.45. The summed E-state index contributed by atoms with van der Waals surface area (Å²) in [5.41, 5.74) is 8.18. The summed E-state index contributed by atoms with van der Waals surface area (Å²) in [5.74, 6) is 0.548. The number of anilines is 1. The average Bonchev–Trinajstić information content (AvgIpc) is 2.39. The van der Waals surface area contributed by atoms with E-state index < -0.39 is 5.82 Å². The molecule has 102 valence electrons. The van der Waals surface area contributed by atoms with E-state index >= 15 is 0 Å². The minimum Gasteiger partial charge on any atom is -0.455 e. The predicted molar refractivity (Wildman–Crippen MR) is 79.2 cm³/mol. The van der Waals surface area contributed by atoms with Gasteiger partial charge in [-0.3, -0.25) is 0 Å². The molecule has 0 saturated carbocycles. The van der Waals surface area contributed by atoms with E-state index in [-0.39, 0.29) is 10.2 Å². The van der Waals surface area contributed by atoms with Gasteiger partial charge in [-0.25, -0.2) is 4.39 Å². The van der Waals surface area contributed by atoms with Gasteiger partial charge in [-0.1, -0.05) is 0 Å². The number of hydrogen-bond donors (Lipinski definition) is 1. The summed E-state index contributed by atoms with van der Waals surface area (Å²) in [6.45, 7) is 3.69. The normalized spacial score (nSPS) is 10.2. The Morgan fingerprint density at radius 3 is 2.35 bits per heavy atom. The van der Waals surface area contributed by atoms with Gasteiger partial charge in [0.05, 0.1) is 21.8 Å². The lowest BCUT2D eigenvalue weighted by Gasteiger charge is -2.14. The van der Waals surface area contributed by atoms with Crippen LogP contribution in [0.25, 0.3) is 0 Å². The van der Waals surface area contributed by atoms with Crippen LogP contribution in [0.4, 0.5) is 10.1 Å². The van der Waals surface area contributed by atoms with Crippen LogP contribution in [0.2, 0.25) is 0 Å². The van der Waals surface area contributed by atoms with Crippen LogP contribution in [0.15, 0.2) is 28.7 Å². The van der Waals surface area contributed by atoms with Crippen LogP contribution < -0.4 is 10.5 Å². The molecule has 2 aromatic carbocycles. The minimum atomic E-state index is -0.442. The zero-order valence-electron chi connectivity index (χ0n) is 11.0. The van der Waals surface area contributed by atoms with Gasteiger partial charge in [-0.2, -0.15) is 5.26 Å². The number of nitrogen functional groups attached to an aromatic ring is 1. The molecule has 0 aliphatic rings. The first kappa shape index (κ1) is 14.4. The fraction of sp³-hybridized carbons (Fsp3) is 0.133. The Bertz CT molecular complexity index is 700. The summed E-state index contributed by atoms with van der Waals surface area (Å²) in [6, 6.07) is 8.25. The van der Waals surface area contributed by atoms with Crippen molar-refractivity contribution in [3.05, 3.63) is 51.2 Å². The lowest BCUT2D eigenvalue weighted by atomic mass is 10.1. The molecular weight excluding hydrogens is 323 g/mol. The van der Waals surface area contributed by atoms with Crippen molar-refractivity contribution in [2.45, 2.75) is 13.8 Å². The van der Waals surface area contributed by atoms with Crippen molar-refractivity contribution in [2.75, 3.05) is 5.73 Å². The molecule has 0 spiro atoms. The molecule has 0 aromatic heterocycles. The van der Waals surface area contributed by atoms with E-state index in [2.05, 4.69) is 22.0 Å². The Labute approximate surface area is 124 Å². The number of nitriles is 1. The van der Waals surface area contributed by atoms with Crippen molar-refractivity contribution >= 4 is 21.6 Å². The first-order valence-corrected chi connectivity index (χ1v) is 6.65. The summed E-state index contributed by atoms with van der Waals surface area (Å²) in [7, 11) is 0. The van der Waals surface area contributed by atoms with Crippen molar-refractivity contribution in [1.29, 1.82) is 5.26 Å². The largest absolute Gasteiger partial charge is 0.455 e. The van der Waals surface area contributed by atoms with E-state index in [1.807, 2.05) is 13.8 Å². The highest BCUT2D eigenvalue weighted by molar-refractivity contribution is 9.10. The molecule has 0 radical (unpaired) electrons. The third kappa shape index (κ3) is 2.75. The van der Waals surface area contributed by atoms with Gasteiger partial charge < -0.3 is 10.5 Å². The first-order valence-electron chi connectivity index (χ1n) is 5.86. The molecule has 0 aliphatic carbocycles. The number of ether oxygens (including phenoxy) is 1. The van der Waals surface area contributed by atoms with Crippen LogP contribution >= 0.6 is 15.9 Å². The van der Waals surface area contributed by atoms with Gasteiger partial charge >= 0.3 is 0 Å². The van der Waals surface area contributed by atoms with Crippen LogP contribution in [0.1, 0.15) is 16.7 Å². The van der Waals surface area contributed by atoms with Crippen LogP contribution in [0.5, 0.6) is 11.5 Å². The SMILES string of the molecule is Cc1cc(C#N)cc(C)c1Oc1cc(Br)c(F)cc1N. The van der Waals surface area contributed by atoms with Crippen molar-refractivity contribution < 1.29 is 9.13 Å². The number of aryl methyl sites for hydroxylation is 2. The summed E-state index contributed by atoms with van der Waals surface area (Å²) >= 11 is 3.10. The molecule has 0 amide bonds. The fourth-order valence-corrected chi connectivity index (χ4v) is 2.24. The van der Waals surface area contributed by atoms with Crippen LogP contribution in [0.3, 0.4) is 0 Å². The fourth-order valence-electron chi connectivity index (χ4n) is 1.92. The molecule has 20 heavy (non-hydrogen) atoms. The molecule has 0 fully saturated rings. The highest BCUT2D eigenvalue weighted by Crippen LogP contribution is 2.35. The van der Waals surface area contributed by atoms with Crippen LogP contribution in [-0.4, -0.2) is 0 Å². The van der Waals surface area contributed by atoms with Crippen LogP contribution in [0, 0.1) is 31.0 Å². The molecule has 2 aromatic rings. The number of rotatable bonds is 2. The minimum absolute atomic E-state index is 0.217. The topological polar surface area (TPSA) is 59.0 Å². The molecule has 0 heterocycles. The molecule has 0 bridgehead atoms. The van der Waals surface area contributed by atoms with Crippen molar-refractivity contribution in [1.82, 2.24) is 0 Å². The van der Waals surface area contributed by atoms with Gasteiger partial charge in [0.25, 0.3) is 0 Å². The summed E-state index contributed by atoms with van der Waals surface area (Å²) in [5, 5.41) is 8.92. The molecule has 5 heteroatoms. The van der Waals surface area contributed by atoms with E-state index in [0.717, 1.165) is 11.1 Å².